The molecular formula is C25H33F3N2O5S2. The van der Waals surface area contributed by atoms with Crippen molar-refractivity contribution in [3.63, 3.8) is 0 Å². The number of halogens is 3. The molecule has 0 fully saturated rings. The first kappa shape index (κ1) is 31.1. The number of likely N-dealkylation sites (N-methyl/N-ethyl adjacent to an activating group) is 1. The number of thioether (sulfide) groups is 1. The Balaban J connectivity index is 2.01. The molecule has 7 nitrogen and oxygen atoms in total. The maximum Gasteiger partial charge on any atom is 0.416 e. The van der Waals surface area contributed by atoms with E-state index < -0.39 is 44.5 Å². The number of hydrogen-bond donors (Lipinski definition) is 3. The van der Waals surface area contributed by atoms with E-state index >= 15 is 0 Å². The molecule has 0 amide bonds. The molecule has 12 heteroatoms. The maximum absolute atomic E-state index is 13.4. The van der Waals surface area contributed by atoms with Crippen molar-refractivity contribution in [3.05, 3.63) is 59.7 Å². The lowest BCUT2D eigenvalue weighted by molar-refractivity contribution is -0.138. The van der Waals surface area contributed by atoms with Crippen LogP contribution in [0.15, 0.2) is 58.3 Å². The van der Waals surface area contributed by atoms with Crippen LogP contribution < -0.4 is 5.32 Å². The van der Waals surface area contributed by atoms with Crippen LogP contribution in [0.4, 0.5) is 13.2 Å². The van der Waals surface area contributed by atoms with E-state index in [-0.39, 0.29) is 23.5 Å². The van der Waals surface area contributed by atoms with Gasteiger partial charge >= 0.3 is 12.1 Å². The summed E-state index contributed by atoms with van der Waals surface area (Å²) in [7, 11) is -3.22. The summed E-state index contributed by atoms with van der Waals surface area (Å²) in [6.45, 7) is 3.69. The number of β-amino-alcohol motifs (C(OH)–C–C–N with tert-alkyl or cyclic N) is 1. The number of nitrogens with zero attached hydrogens (tertiary/aromatic N) is 1. The Morgan fingerprint density at radius 1 is 1.14 bits per heavy atom. The molecule has 2 aromatic carbocycles. The Hall–Kier alpha value is -2.12. The van der Waals surface area contributed by atoms with Crippen LogP contribution in [0.25, 0.3) is 0 Å². The zero-order chi connectivity index (χ0) is 27.9. The van der Waals surface area contributed by atoms with Crippen molar-refractivity contribution >= 4 is 27.8 Å². The number of hydrogen-bond acceptors (Lipinski definition) is 6. The molecule has 3 N–H and O–H groups in total. The molecule has 37 heavy (non-hydrogen) atoms. The van der Waals surface area contributed by atoms with Crippen LogP contribution in [-0.2, 0) is 27.4 Å². The largest absolute Gasteiger partial charge is 0.481 e. The minimum atomic E-state index is -4.82. The van der Waals surface area contributed by atoms with Crippen LogP contribution in [0.5, 0.6) is 0 Å². The van der Waals surface area contributed by atoms with E-state index in [0.29, 0.717) is 23.9 Å². The zero-order valence-electron chi connectivity index (χ0n) is 21.0. The molecule has 0 heterocycles. The highest BCUT2D eigenvalue weighted by molar-refractivity contribution is 8.00. The van der Waals surface area contributed by atoms with Gasteiger partial charge in [0.25, 0.3) is 0 Å². The van der Waals surface area contributed by atoms with Crippen LogP contribution in [0.2, 0.25) is 0 Å². The highest BCUT2D eigenvalue weighted by Gasteiger charge is 2.34. The average molecular weight is 563 g/mol. The number of aliphatic hydroxyl groups is 1. The molecule has 0 aliphatic carbocycles. The van der Waals surface area contributed by atoms with Crippen molar-refractivity contribution in [1.82, 2.24) is 9.62 Å². The molecule has 0 spiro atoms. The Kier molecular flexibility index (Phi) is 11.0. The predicted molar refractivity (Wildman–Crippen MR) is 137 cm³/mol. The summed E-state index contributed by atoms with van der Waals surface area (Å²) in [6, 6.07) is 12.3. The van der Waals surface area contributed by atoms with Gasteiger partial charge in [0.1, 0.15) is 0 Å². The number of benzene rings is 2. The lowest BCUT2D eigenvalue weighted by Gasteiger charge is -2.29. The van der Waals surface area contributed by atoms with E-state index in [0.717, 1.165) is 29.6 Å². The highest BCUT2D eigenvalue weighted by Crippen LogP contribution is 2.35. The van der Waals surface area contributed by atoms with Gasteiger partial charge in [-0.15, -0.1) is 11.8 Å². The van der Waals surface area contributed by atoms with E-state index in [1.165, 1.54) is 12.6 Å². The number of aryl methyl sites for hydroxylation is 1. The number of alkyl halides is 3. The molecule has 0 radical (unpaired) electrons. The Morgan fingerprint density at radius 3 is 2.38 bits per heavy atom. The van der Waals surface area contributed by atoms with Crippen LogP contribution in [0.1, 0.15) is 37.8 Å². The molecule has 0 bridgehead atoms. The molecule has 1 unspecified atom stereocenters. The molecule has 0 aliphatic heterocycles. The molecule has 0 aliphatic rings. The van der Waals surface area contributed by atoms with Crippen molar-refractivity contribution in [1.29, 1.82) is 0 Å². The Bertz CT molecular complexity index is 1140. The van der Waals surface area contributed by atoms with Crippen LogP contribution in [0, 0.1) is 0 Å². The summed E-state index contributed by atoms with van der Waals surface area (Å²) in [5, 5.41) is 22.5. The van der Waals surface area contributed by atoms with Crippen LogP contribution in [0.3, 0.4) is 0 Å². The van der Waals surface area contributed by atoms with Crippen molar-refractivity contribution < 1.29 is 36.6 Å². The molecule has 1 atom stereocenters. The monoisotopic (exact) mass is 562 g/mol. The number of carboxylic acids is 1. The van der Waals surface area contributed by atoms with Gasteiger partial charge in [0, 0.05) is 30.6 Å². The fourth-order valence-corrected chi connectivity index (χ4v) is 5.68. The number of rotatable bonds is 14. The van der Waals surface area contributed by atoms with Gasteiger partial charge < -0.3 is 15.5 Å². The van der Waals surface area contributed by atoms with E-state index in [1.54, 1.807) is 0 Å². The van der Waals surface area contributed by atoms with Gasteiger partial charge in [-0.1, -0.05) is 30.3 Å². The smallest absolute Gasteiger partial charge is 0.416 e. The maximum atomic E-state index is 13.4. The van der Waals surface area contributed by atoms with Gasteiger partial charge in [0.15, 0.2) is 0 Å². The van der Waals surface area contributed by atoms with E-state index in [9.17, 15) is 31.5 Å². The van der Waals surface area contributed by atoms with Gasteiger partial charge in [-0.05, 0) is 56.9 Å². The summed E-state index contributed by atoms with van der Waals surface area (Å²) < 4.78 is 66.9. The summed E-state index contributed by atoms with van der Waals surface area (Å²) in [6.07, 6.45) is -3.31. The van der Waals surface area contributed by atoms with Crippen LogP contribution in [-0.4, -0.2) is 66.4 Å². The number of aliphatic hydroxyl groups excluding tert-OH is 1. The van der Waals surface area contributed by atoms with Gasteiger partial charge in [-0.2, -0.15) is 17.5 Å². The van der Waals surface area contributed by atoms with Gasteiger partial charge in [-0.3, -0.25) is 4.79 Å². The van der Waals surface area contributed by atoms with E-state index in [4.69, 9.17) is 5.11 Å². The van der Waals surface area contributed by atoms with Crippen LogP contribution >= 0.6 is 11.8 Å². The fourth-order valence-electron chi connectivity index (χ4n) is 3.61. The SMILES string of the molecule is CN(CC(O)CNC(C)(C)CCCc1ccccc1)S(=O)(=O)c1cc(SCC(=O)O)cc(C(F)(F)F)c1. The van der Waals surface area contributed by atoms with E-state index in [2.05, 4.69) is 17.4 Å². The summed E-state index contributed by atoms with van der Waals surface area (Å²) in [5.74, 6) is -1.77. The minimum Gasteiger partial charge on any atom is -0.481 e. The van der Waals surface area contributed by atoms with E-state index in [1.807, 2.05) is 32.0 Å². The summed E-state index contributed by atoms with van der Waals surface area (Å²) in [5.41, 5.74) is -0.302. The molecule has 0 aromatic heterocycles. The number of aliphatic carboxylic acids is 1. The van der Waals surface area contributed by atoms with Gasteiger partial charge in [0.2, 0.25) is 10.0 Å². The number of nitrogens with one attached hydrogen (secondary N) is 1. The average Bonchev–Trinajstić information content (AvgIpc) is 2.81. The van der Waals surface area contributed by atoms with Crippen molar-refractivity contribution in [3.8, 4) is 0 Å². The normalized spacial score (nSPS) is 13.6. The van der Waals surface area contributed by atoms with Crippen molar-refractivity contribution in [2.45, 2.75) is 60.7 Å². The molecule has 0 saturated heterocycles. The lowest BCUT2D eigenvalue weighted by atomic mass is 9.95. The van der Waals surface area contributed by atoms with Crippen molar-refractivity contribution in [2.75, 3.05) is 25.9 Å². The first-order valence-corrected chi connectivity index (χ1v) is 14.0. The lowest BCUT2D eigenvalue weighted by Crippen LogP contribution is -2.46. The quantitative estimate of drug-likeness (QED) is 0.296. The number of sulfonamides is 1. The Morgan fingerprint density at radius 2 is 1.78 bits per heavy atom. The molecular weight excluding hydrogens is 529 g/mol. The standard InChI is InChI=1S/C25H33F3N2O5S2/c1-24(2,11-7-10-18-8-5-4-6-9-18)29-15-20(31)16-30(3)37(34,35)22-13-19(25(26,27)28)12-21(14-22)36-17-23(32)33/h4-6,8-9,12-14,20,29,31H,7,10-11,15-17H2,1-3H3,(H,32,33). The third-order valence-electron chi connectivity index (χ3n) is 5.67. The highest BCUT2D eigenvalue weighted by atomic mass is 32.2. The third-order valence-corrected chi connectivity index (χ3v) is 8.43. The van der Waals surface area contributed by atoms with Gasteiger partial charge in [-0.25, -0.2) is 8.42 Å². The Labute approximate surface area is 220 Å². The zero-order valence-corrected chi connectivity index (χ0v) is 22.6. The second-order valence-corrected chi connectivity index (χ2v) is 12.5. The second-order valence-electron chi connectivity index (χ2n) is 9.42. The van der Waals surface area contributed by atoms with Gasteiger partial charge in [0.05, 0.1) is 22.3 Å². The summed E-state index contributed by atoms with van der Waals surface area (Å²) >= 11 is 0.589. The first-order chi connectivity index (χ1) is 17.1. The second kappa shape index (κ2) is 13.1. The molecule has 206 valence electrons. The number of carboxylic acid groups (broad SMARTS) is 1. The minimum absolute atomic E-state index is 0.0838. The molecule has 2 rings (SSSR count). The molecule has 0 saturated carbocycles. The summed E-state index contributed by atoms with van der Waals surface area (Å²) in [4.78, 5) is 10.1. The molecule has 2 aromatic rings. The number of carbonyl (C=O) groups is 1. The third kappa shape index (κ3) is 10.3. The predicted octanol–water partition coefficient (Wildman–Crippen LogP) is 4.25. The topological polar surface area (TPSA) is 107 Å². The first-order valence-electron chi connectivity index (χ1n) is 11.6. The van der Waals surface area contributed by atoms with Crippen molar-refractivity contribution in [2.24, 2.45) is 0 Å². The fraction of sp³-hybridized carbons (Fsp3) is 0.480.